The van der Waals surface area contributed by atoms with Crippen LogP contribution in [0.4, 0.5) is 13.2 Å². The lowest BCUT2D eigenvalue weighted by Gasteiger charge is -2.06. The zero-order chi connectivity index (χ0) is 13.9. The molecule has 0 aliphatic heterocycles. The molecule has 2 aromatic rings. The quantitative estimate of drug-likeness (QED) is 0.736. The van der Waals surface area contributed by atoms with Gasteiger partial charge < -0.3 is 0 Å². The van der Waals surface area contributed by atoms with Gasteiger partial charge in [-0.3, -0.25) is 4.98 Å². The summed E-state index contributed by atoms with van der Waals surface area (Å²) in [6.45, 7) is 0. The first kappa shape index (κ1) is 14.2. The van der Waals surface area contributed by atoms with Crippen LogP contribution in [0, 0.1) is 0 Å². The van der Waals surface area contributed by atoms with Gasteiger partial charge in [-0.25, -0.2) is 0 Å². The maximum atomic E-state index is 12.3. The average Bonchev–Trinajstić information content (AvgIpc) is 2.37. The van der Waals surface area contributed by atoms with Crippen molar-refractivity contribution in [1.29, 1.82) is 0 Å². The third-order valence-corrected chi connectivity index (χ3v) is 3.65. The number of hydrogen-bond donors (Lipinski definition) is 0. The lowest BCUT2D eigenvalue weighted by Crippen LogP contribution is -2.07. The number of benzene rings is 1. The second-order valence-corrected chi connectivity index (χ2v) is 5.28. The van der Waals surface area contributed by atoms with Gasteiger partial charge in [0.15, 0.2) is 0 Å². The molecular formula is C13H9ClF3NS. The minimum absolute atomic E-state index is 0.657. The molecular weight excluding hydrogens is 295 g/mol. The summed E-state index contributed by atoms with van der Waals surface area (Å²) < 4.78 is 37.0. The van der Waals surface area contributed by atoms with Crippen LogP contribution in [0.3, 0.4) is 0 Å². The molecule has 0 amide bonds. The van der Waals surface area contributed by atoms with E-state index >= 15 is 0 Å². The van der Waals surface area contributed by atoms with Crippen molar-refractivity contribution in [2.45, 2.75) is 16.8 Å². The second kappa shape index (κ2) is 5.84. The van der Waals surface area contributed by atoms with Crippen molar-refractivity contribution in [1.82, 2.24) is 4.98 Å². The molecule has 1 aromatic carbocycles. The third-order valence-electron chi connectivity index (χ3n) is 2.35. The Morgan fingerprint density at radius 1 is 1.05 bits per heavy atom. The summed E-state index contributed by atoms with van der Waals surface area (Å²) in [6.07, 6.45) is -3.15. The molecule has 0 saturated heterocycles. The van der Waals surface area contributed by atoms with Gasteiger partial charge in [0.2, 0.25) is 0 Å². The zero-order valence-electron chi connectivity index (χ0n) is 9.62. The summed E-state index contributed by atoms with van der Waals surface area (Å²) in [4.78, 5) is 4.11. The van der Waals surface area contributed by atoms with Crippen LogP contribution in [0.15, 0.2) is 47.5 Å². The molecule has 0 aliphatic rings. The summed E-state index contributed by atoms with van der Waals surface area (Å²) in [5.41, 5.74) is 0.178. The van der Waals surface area contributed by atoms with Crippen molar-refractivity contribution in [3.05, 3.63) is 58.9 Å². The zero-order valence-corrected chi connectivity index (χ0v) is 11.2. The maximum absolute atomic E-state index is 12.3. The number of halogens is 4. The van der Waals surface area contributed by atoms with E-state index in [9.17, 15) is 13.2 Å². The fourth-order valence-corrected chi connectivity index (χ4v) is 2.32. The number of thioether (sulfide) groups is 1. The largest absolute Gasteiger partial charge is 0.433 e. The van der Waals surface area contributed by atoms with Gasteiger partial charge in [-0.1, -0.05) is 23.7 Å². The molecule has 1 heterocycles. The number of rotatable bonds is 3. The smallest absolute Gasteiger partial charge is 0.251 e. The summed E-state index contributed by atoms with van der Waals surface area (Å²) in [6, 6.07) is 9.74. The molecule has 1 nitrogen and oxygen atoms in total. The van der Waals surface area contributed by atoms with Crippen molar-refractivity contribution >= 4 is 23.4 Å². The van der Waals surface area contributed by atoms with Gasteiger partial charge in [-0.2, -0.15) is 13.2 Å². The molecule has 0 bridgehead atoms. The fraction of sp³-hybridized carbons (Fsp3) is 0.154. The highest BCUT2D eigenvalue weighted by molar-refractivity contribution is 7.98. The summed E-state index contributed by atoms with van der Waals surface area (Å²) in [5.74, 6) is 0.657. The summed E-state index contributed by atoms with van der Waals surface area (Å²) >= 11 is 7.19. The third kappa shape index (κ3) is 4.14. The normalized spacial score (nSPS) is 11.6. The SMILES string of the molecule is FC(F)(F)c1ccc(SCc2ccc(Cl)cc2)cn1. The van der Waals surface area contributed by atoms with Crippen molar-refractivity contribution in [3.8, 4) is 0 Å². The average molecular weight is 304 g/mol. The number of alkyl halides is 3. The van der Waals surface area contributed by atoms with Gasteiger partial charge in [0, 0.05) is 21.9 Å². The van der Waals surface area contributed by atoms with E-state index in [4.69, 9.17) is 11.6 Å². The molecule has 0 spiro atoms. The molecule has 6 heteroatoms. The van der Waals surface area contributed by atoms with Crippen LogP contribution in [0.2, 0.25) is 5.02 Å². The monoisotopic (exact) mass is 303 g/mol. The highest BCUT2D eigenvalue weighted by Gasteiger charge is 2.31. The van der Waals surface area contributed by atoms with Crippen molar-refractivity contribution < 1.29 is 13.2 Å². The predicted octanol–water partition coefficient (Wildman–Crippen LogP) is 5.05. The van der Waals surface area contributed by atoms with E-state index in [1.165, 1.54) is 24.0 Å². The van der Waals surface area contributed by atoms with E-state index in [0.717, 1.165) is 11.6 Å². The highest BCUT2D eigenvalue weighted by Crippen LogP contribution is 2.29. The van der Waals surface area contributed by atoms with Gasteiger partial charge in [0.05, 0.1) is 0 Å². The van der Waals surface area contributed by atoms with E-state index in [1.807, 2.05) is 12.1 Å². The van der Waals surface area contributed by atoms with Crippen LogP contribution in [-0.4, -0.2) is 4.98 Å². The number of pyridine rings is 1. The van der Waals surface area contributed by atoms with Crippen molar-refractivity contribution in [3.63, 3.8) is 0 Å². The van der Waals surface area contributed by atoms with E-state index < -0.39 is 11.9 Å². The molecule has 1 aromatic heterocycles. The Balaban J connectivity index is 1.98. The number of hydrogen-bond acceptors (Lipinski definition) is 2. The molecule has 100 valence electrons. The van der Waals surface area contributed by atoms with E-state index in [1.54, 1.807) is 12.1 Å². The molecule has 0 fully saturated rings. The molecule has 0 atom stereocenters. The van der Waals surface area contributed by atoms with Gasteiger partial charge in [-0.15, -0.1) is 11.8 Å². The molecule has 2 rings (SSSR count). The van der Waals surface area contributed by atoms with Crippen LogP contribution in [0.5, 0.6) is 0 Å². The number of aromatic nitrogens is 1. The fourth-order valence-electron chi connectivity index (χ4n) is 1.38. The Hall–Kier alpha value is -1.20. The first-order valence-electron chi connectivity index (χ1n) is 5.35. The number of nitrogens with zero attached hydrogens (tertiary/aromatic N) is 1. The first-order valence-corrected chi connectivity index (χ1v) is 6.72. The highest BCUT2D eigenvalue weighted by atomic mass is 35.5. The summed E-state index contributed by atoms with van der Waals surface area (Å²) in [5, 5.41) is 0.657. The van der Waals surface area contributed by atoms with Gasteiger partial charge in [0.25, 0.3) is 0 Å². The molecule has 0 unspecified atom stereocenters. The lowest BCUT2D eigenvalue weighted by atomic mass is 10.2. The Labute approximate surface area is 117 Å². The minimum Gasteiger partial charge on any atom is -0.251 e. The van der Waals surface area contributed by atoms with E-state index in [0.29, 0.717) is 15.7 Å². The van der Waals surface area contributed by atoms with Crippen molar-refractivity contribution in [2.75, 3.05) is 0 Å². The standard InChI is InChI=1S/C13H9ClF3NS/c14-10-3-1-9(2-4-10)8-19-11-5-6-12(18-7-11)13(15,16)17/h1-7H,8H2. The van der Waals surface area contributed by atoms with Gasteiger partial charge in [0.1, 0.15) is 5.69 Å². The summed E-state index contributed by atoms with van der Waals surface area (Å²) in [7, 11) is 0. The molecule has 0 aliphatic carbocycles. The molecule has 19 heavy (non-hydrogen) atoms. The van der Waals surface area contributed by atoms with Crippen LogP contribution in [-0.2, 0) is 11.9 Å². The van der Waals surface area contributed by atoms with E-state index in [-0.39, 0.29) is 0 Å². The Morgan fingerprint density at radius 3 is 2.26 bits per heavy atom. The maximum Gasteiger partial charge on any atom is 0.433 e. The second-order valence-electron chi connectivity index (χ2n) is 3.79. The lowest BCUT2D eigenvalue weighted by molar-refractivity contribution is -0.141. The molecule has 0 saturated carbocycles. The van der Waals surface area contributed by atoms with Crippen LogP contribution >= 0.6 is 23.4 Å². The van der Waals surface area contributed by atoms with Crippen LogP contribution in [0.1, 0.15) is 11.3 Å². The molecule has 0 radical (unpaired) electrons. The predicted molar refractivity (Wildman–Crippen MR) is 70.3 cm³/mol. The Morgan fingerprint density at radius 2 is 1.74 bits per heavy atom. The Kier molecular flexibility index (Phi) is 4.37. The molecule has 0 N–H and O–H groups in total. The minimum atomic E-state index is -4.39. The van der Waals surface area contributed by atoms with Crippen molar-refractivity contribution in [2.24, 2.45) is 0 Å². The van der Waals surface area contributed by atoms with Crippen LogP contribution < -0.4 is 0 Å². The van der Waals surface area contributed by atoms with Gasteiger partial charge >= 0.3 is 6.18 Å². The van der Waals surface area contributed by atoms with E-state index in [2.05, 4.69) is 4.98 Å². The van der Waals surface area contributed by atoms with Gasteiger partial charge in [-0.05, 0) is 29.8 Å². The van der Waals surface area contributed by atoms with Crippen LogP contribution in [0.25, 0.3) is 0 Å². The Bertz CT molecular complexity index is 537. The first-order chi connectivity index (χ1) is 8.95. The topological polar surface area (TPSA) is 12.9 Å².